The van der Waals surface area contributed by atoms with E-state index >= 15 is 0 Å². The van der Waals surface area contributed by atoms with Crippen LogP contribution in [-0.2, 0) is 17.8 Å². The summed E-state index contributed by atoms with van der Waals surface area (Å²) in [5.41, 5.74) is 4.02. The van der Waals surface area contributed by atoms with Gasteiger partial charge in [0, 0.05) is 43.3 Å². The van der Waals surface area contributed by atoms with Crippen molar-refractivity contribution in [1.82, 2.24) is 29.6 Å². The van der Waals surface area contributed by atoms with Gasteiger partial charge < -0.3 is 4.90 Å². The topological polar surface area (TPSA) is 76.8 Å². The average Bonchev–Trinajstić information content (AvgIpc) is 3.19. The molecule has 1 fully saturated rings. The Morgan fingerprint density at radius 2 is 2.03 bits per heavy atom. The van der Waals surface area contributed by atoms with Crippen LogP contribution in [0, 0.1) is 6.92 Å². The fraction of sp³-hybridized carbons (Fsp3) is 0.435. The molecule has 3 aromatic heterocycles. The molecule has 0 radical (unpaired) electrons. The van der Waals surface area contributed by atoms with Crippen LogP contribution in [0.25, 0.3) is 11.1 Å². The summed E-state index contributed by atoms with van der Waals surface area (Å²) in [6, 6.07) is 3.90. The van der Waals surface area contributed by atoms with E-state index in [1.54, 1.807) is 23.3 Å². The van der Waals surface area contributed by atoms with Gasteiger partial charge in [-0.3, -0.25) is 14.5 Å². The summed E-state index contributed by atoms with van der Waals surface area (Å²) in [7, 11) is 0. The number of pyridine rings is 1. The van der Waals surface area contributed by atoms with Gasteiger partial charge in [0.15, 0.2) is 0 Å². The highest BCUT2D eigenvalue weighted by molar-refractivity contribution is 5.77. The van der Waals surface area contributed by atoms with E-state index in [-0.39, 0.29) is 18.5 Å². The molecule has 0 aromatic carbocycles. The minimum absolute atomic E-state index is 0.0512. The molecule has 3 aromatic rings. The van der Waals surface area contributed by atoms with E-state index in [9.17, 15) is 4.79 Å². The van der Waals surface area contributed by atoms with Gasteiger partial charge in [-0.15, -0.1) is 0 Å². The summed E-state index contributed by atoms with van der Waals surface area (Å²) in [5.74, 6) is 0.921. The molecule has 1 aliphatic heterocycles. The Morgan fingerprint density at radius 3 is 2.77 bits per heavy atom. The molecule has 4 rings (SSSR count). The van der Waals surface area contributed by atoms with Crippen molar-refractivity contribution in [1.29, 1.82) is 0 Å². The number of likely N-dealkylation sites (tertiary alicyclic amines) is 1. The first-order valence-electron chi connectivity index (χ1n) is 10.7. The minimum Gasteiger partial charge on any atom is -0.332 e. The Labute approximate surface area is 177 Å². The molecule has 4 heterocycles. The second kappa shape index (κ2) is 9.15. The van der Waals surface area contributed by atoms with Gasteiger partial charge in [-0.2, -0.15) is 5.10 Å². The number of hydrogen-bond donors (Lipinski definition) is 0. The first-order chi connectivity index (χ1) is 14.7. The number of amides is 1. The smallest absolute Gasteiger partial charge is 0.244 e. The van der Waals surface area contributed by atoms with Crippen LogP contribution in [0.2, 0.25) is 0 Å². The van der Waals surface area contributed by atoms with E-state index in [2.05, 4.69) is 22.0 Å². The number of rotatable bonds is 6. The van der Waals surface area contributed by atoms with Crippen molar-refractivity contribution in [3.05, 3.63) is 60.2 Å². The Balaban J connectivity index is 1.70. The molecule has 30 heavy (non-hydrogen) atoms. The molecule has 7 heteroatoms. The summed E-state index contributed by atoms with van der Waals surface area (Å²) < 4.78 is 1.72. The quantitative estimate of drug-likeness (QED) is 0.625. The normalized spacial score (nSPS) is 16.6. The molecule has 0 N–H and O–H groups in total. The van der Waals surface area contributed by atoms with Crippen LogP contribution in [0.15, 0.2) is 43.1 Å². The Hall–Kier alpha value is -3.09. The number of aryl methyl sites for hydroxylation is 2. The molecule has 0 saturated carbocycles. The average molecular weight is 405 g/mol. The van der Waals surface area contributed by atoms with E-state index in [1.807, 2.05) is 36.4 Å². The van der Waals surface area contributed by atoms with Gasteiger partial charge in [0.1, 0.15) is 12.4 Å². The van der Waals surface area contributed by atoms with Gasteiger partial charge in [0.25, 0.3) is 0 Å². The van der Waals surface area contributed by atoms with Crippen LogP contribution in [0.4, 0.5) is 0 Å². The van der Waals surface area contributed by atoms with Crippen LogP contribution in [0.5, 0.6) is 0 Å². The van der Waals surface area contributed by atoms with Gasteiger partial charge >= 0.3 is 0 Å². The van der Waals surface area contributed by atoms with Gasteiger partial charge in [-0.1, -0.05) is 6.92 Å². The van der Waals surface area contributed by atoms with Crippen LogP contribution in [0.3, 0.4) is 0 Å². The van der Waals surface area contributed by atoms with Crippen LogP contribution < -0.4 is 0 Å². The van der Waals surface area contributed by atoms with Gasteiger partial charge in [0.05, 0.1) is 17.9 Å². The minimum atomic E-state index is -0.0512. The lowest BCUT2D eigenvalue weighted by Gasteiger charge is -2.36. The van der Waals surface area contributed by atoms with Crippen LogP contribution in [0.1, 0.15) is 55.7 Å². The van der Waals surface area contributed by atoms with E-state index in [0.717, 1.165) is 66.9 Å². The first kappa shape index (κ1) is 20.2. The third-order valence-electron chi connectivity index (χ3n) is 5.53. The fourth-order valence-corrected chi connectivity index (χ4v) is 4.08. The standard InChI is InChI=1S/C23H28N6O/c1-3-6-21-25-14-19(18-8-10-24-11-9-18)23(27-21)20-7-4-5-12-29(20)22(30)16-28-15-17(2)13-26-28/h8-11,13-15,20H,3-7,12,16H2,1-2H3. The number of carbonyl (C=O) groups excluding carboxylic acids is 1. The predicted molar refractivity (Wildman–Crippen MR) is 115 cm³/mol. The van der Waals surface area contributed by atoms with Gasteiger partial charge in [0.2, 0.25) is 5.91 Å². The second-order valence-electron chi connectivity index (χ2n) is 7.89. The molecular weight excluding hydrogens is 376 g/mol. The number of aromatic nitrogens is 5. The molecule has 0 bridgehead atoms. The molecule has 156 valence electrons. The van der Waals surface area contributed by atoms with Crippen molar-refractivity contribution in [2.24, 2.45) is 0 Å². The van der Waals surface area contributed by atoms with Crippen molar-refractivity contribution in [2.45, 2.75) is 58.5 Å². The molecule has 1 saturated heterocycles. The molecule has 1 amide bonds. The predicted octanol–water partition coefficient (Wildman–Crippen LogP) is 3.75. The lowest BCUT2D eigenvalue weighted by atomic mass is 9.94. The van der Waals surface area contributed by atoms with Crippen molar-refractivity contribution >= 4 is 5.91 Å². The zero-order valence-electron chi connectivity index (χ0n) is 17.7. The molecule has 1 atom stereocenters. The van der Waals surface area contributed by atoms with Gasteiger partial charge in [-0.05, 0) is 55.9 Å². The van der Waals surface area contributed by atoms with Gasteiger partial charge in [-0.25, -0.2) is 9.97 Å². The zero-order valence-corrected chi connectivity index (χ0v) is 17.7. The molecule has 1 unspecified atom stereocenters. The summed E-state index contributed by atoms with van der Waals surface area (Å²) in [6.45, 7) is 5.10. The number of nitrogens with zero attached hydrogens (tertiary/aromatic N) is 6. The summed E-state index contributed by atoms with van der Waals surface area (Å²) in [6.07, 6.45) is 14.0. The van der Waals surface area contributed by atoms with E-state index in [0.29, 0.717) is 0 Å². The summed E-state index contributed by atoms with van der Waals surface area (Å²) in [4.78, 5) is 28.9. The Bertz CT molecular complexity index is 1000. The third kappa shape index (κ3) is 4.40. The maximum Gasteiger partial charge on any atom is 0.244 e. The van der Waals surface area contributed by atoms with Crippen molar-refractivity contribution in [3.8, 4) is 11.1 Å². The number of hydrogen-bond acceptors (Lipinski definition) is 5. The van der Waals surface area contributed by atoms with Crippen LogP contribution >= 0.6 is 0 Å². The zero-order chi connectivity index (χ0) is 20.9. The molecule has 7 nitrogen and oxygen atoms in total. The van der Waals surface area contributed by atoms with Crippen molar-refractivity contribution in [3.63, 3.8) is 0 Å². The fourth-order valence-electron chi connectivity index (χ4n) is 4.08. The highest BCUT2D eigenvalue weighted by Gasteiger charge is 2.31. The van der Waals surface area contributed by atoms with Crippen molar-refractivity contribution in [2.75, 3.05) is 6.54 Å². The molecule has 1 aliphatic rings. The third-order valence-corrected chi connectivity index (χ3v) is 5.53. The van der Waals surface area contributed by atoms with Crippen LogP contribution in [-0.4, -0.2) is 42.1 Å². The second-order valence-corrected chi connectivity index (χ2v) is 7.89. The SMILES string of the molecule is CCCc1ncc(-c2ccncc2)c(C2CCCCN2C(=O)Cn2cc(C)cn2)n1. The number of carbonyl (C=O) groups is 1. The molecule has 0 aliphatic carbocycles. The molecule has 0 spiro atoms. The maximum atomic E-state index is 13.2. The largest absolute Gasteiger partial charge is 0.332 e. The van der Waals surface area contributed by atoms with E-state index in [1.165, 1.54) is 0 Å². The highest BCUT2D eigenvalue weighted by atomic mass is 16.2. The highest BCUT2D eigenvalue weighted by Crippen LogP contribution is 2.35. The summed E-state index contributed by atoms with van der Waals surface area (Å²) >= 11 is 0. The first-order valence-corrected chi connectivity index (χ1v) is 10.7. The summed E-state index contributed by atoms with van der Waals surface area (Å²) in [5, 5.41) is 4.29. The Morgan fingerprint density at radius 1 is 1.20 bits per heavy atom. The Kier molecular flexibility index (Phi) is 6.16. The van der Waals surface area contributed by atoms with E-state index < -0.39 is 0 Å². The lowest BCUT2D eigenvalue weighted by Crippen LogP contribution is -2.41. The van der Waals surface area contributed by atoms with E-state index in [4.69, 9.17) is 4.98 Å². The molecular formula is C23H28N6O. The monoisotopic (exact) mass is 404 g/mol. The number of piperidine rings is 1. The maximum absolute atomic E-state index is 13.2. The van der Waals surface area contributed by atoms with Crippen molar-refractivity contribution < 1.29 is 4.79 Å². The lowest BCUT2D eigenvalue weighted by molar-refractivity contribution is -0.136.